The van der Waals surface area contributed by atoms with E-state index in [9.17, 15) is 9.59 Å². The van der Waals surface area contributed by atoms with Crippen LogP contribution in [0.3, 0.4) is 0 Å². The number of carbonyl (C=O) groups is 1. The zero-order chi connectivity index (χ0) is 22.2. The second-order valence-corrected chi connectivity index (χ2v) is 9.75. The first-order valence-corrected chi connectivity index (χ1v) is 11.9. The lowest BCUT2D eigenvalue weighted by molar-refractivity contribution is -0.122. The molecule has 7 heteroatoms. The lowest BCUT2D eigenvalue weighted by Crippen LogP contribution is -2.43. The SMILES string of the molecule is O=C1N(Cn2c(=O)sc3ccccc32)c2ccccc2C12COc1cc3c(cc12)OCCC3. The fraction of sp³-hybridized carbons (Fsp3) is 0.231. The lowest BCUT2D eigenvalue weighted by atomic mass is 9.76. The standard InChI is InChI=1S/C26H20N2O4S/c29-24-26(14-32-22-12-16-6-5-11-31-21(16)13-18(22)26)17-7-1-2-8-19(17)27(24)15-28-20-9-3-4-10-23(20)33-25(28)30/h1-4,7-10,12-13H,5-6,11,14-15H2. The van der Waals surface area contributed by atoms with Gasteiger partial charge in [-0.15, -0.1) is 0 Å². The number of ether oxygens (including phenoxy) is 2. The predicted octanol–water partition coefficient (Wildman–Crippen LogP) is 4.07. The minimum absolute atomic E-state index is 0.0691. The van der Waals surface area contributed by atoms with Crippen molar-refractivity contribution in [3.8, 4) is 11.5 Å². The number of carbonyl (C=O) groups excluding carboxylic acids is 1. The normalized spacial score (nSPS) is 20.5. The van der Waals surface area contributed by atoms with Crippen molar-refractivity contribution in [1.82, 2.24) is 4.57 Å². The molecular formula is C26H20N2O4S. The van der Waals surface area contributed by atoms with Crippen LogP contribution >= 0.6 is 11.3 Å². The zero-order valence-electron chi connectivity index (χ0n) is 17.7. The highest BCUT2D eigenvalue weighted by atomic mass is 32.1. The van der Waals surface area contributed by atoms with Gasteiger partial charge in [0.2, 0.25) is 5.91 Å². The van der Waals surface area contributed by atoms with E-state index in [1.807, 2.05) is 60.7 Å². The number of nitrogens with zero attached hydrogens (tertiary/aromatic N) is 2. The van der Waals surface area contributed by atoms with Crippen LogP contribution in [0.1, 0.15) is 23.1 Å². The minimum Gasteiger partial charge on any atom is -0.493 e. The lowest BCUT2D eigenvalue weighted by Gasteiger charge is -2.24. The summed E-state index contributed by atoms with van der Waals surface area (Å²) < 4.78 is 14.7. The van der Waals surface area contributed by atoms with Crippen LogP contribution in [0, 0.1) is 0 Å². The first-order chi connectivity index (χ1) is 16.2. The molecule has 3 aliphatic heterocycles. The minimum atomic E-state index is -0.933. The quantitative estimate of drug-likeness (QED) is 0.456. The summed E-state index contributed by atoms with van der Waals surface area (Å²) >= 11 is 1.20. The Morgan fingerprint density at radius 2 is 1.79 bits per heavy atom. The molecule has 1 amide bonds. The number of aryl methyl sites for hydroxylation is 1. The fourth-order valence-corrected chi connectivity index (χ4v) is 6.33. The number of para-hydroxylation sites is 2. The van der Waals surface area contributed by atoms with Gasteiger partial charge in [-0.3, -0.25) is 19.1 Å². The van der Waals surface area contributed by atoms with Gasteiger partial charge < -0.3 is 9.47 Å². The van der Waals surface area contributed by atoms with E-state index in [1.165, 1.54) is 11.3 Å². The smallest absolute Gasteiger partial charge is 0.309 e. The van der Waals surface area contributed by atoms with Gasteiger partial charge in [0, 0.05) is 5.56 Å². The Kier molecular flexibility index (Phi) is 3.85. The number of hydrogen-bond donors (Lipinski definition) is 0. The van der Waals surface area contributed by atoms with Gasteiger partial charge in [-0.1, -0.05) is 41.7 Å². The van der Waals surface area contributed by atoms with Crippen molar-refractivity contribution in [3.63, 3.8) is 0 Å². The molecular weight excluding hydrogens is 436 g/mol. The number of fused-ring (bicyclic) bond motifs is 6. The second kappa shape index (κ2) is 6.71. The molecule has 7 rings (SSSR count). The van der Waals surface area contributed by atoms with Gasteiger partial charge in [-0.25, -0.2) is 0 Å². The molecule has 1 aromatic heterocycles. The first kappa shape index (κ1) is 18.9. The third kappa shape index (κ3) is 2.48. The van der Waals surface area contributed by atoms with E-state index in [-0.39, 0.29) is 24.1 Å². The van der Waals surface area contributed by atoms with E-state index in [1.54, 1.807) is 9.47 Å². The predicted molar refractivity (Wildman–Crippen MR) is 127 cm³/mol. The van der Waals surface area contributed by atoms with Crippen LogP contribution in [0.15, 0.2) is 65.5 Å². The van der Waals surface area contributed by atoms with E-state index in [0.29, 0.717) is 6.61 Å². The third-order valence-corrected chi connectivity index (χ3v) is 8.00. The molecule has 0 fully saturated rings. The van der Waals surface area contributed by atoms with Crippen LogP contribution in [0.25, 0.3) is 10.2 Å². The molecule has 4 aromatic rings. The zero-order valence-corrected chi connectivity index (χ0v) is 18.6. The molecule has 0 bridgehead atoms. The van der Waals surface area contributed by atoms with Crippen LogP contribution in [0.4, 0.5) is 5.69 Å². The summed E-state index contributed by atoms with van der Waals surface area (Å²) in [6, 6.07) is 19.6. The summed E-state index contributed by atoms with van der Waals surface area (Å²) in [5.74, 6) is 1.52. The monoisotopic (exact) mass is 456 g/mol. The average molecular weight is 457 g/mol. The van der Waals surface area contributed by atoms with Crippen molar-refractivity contribution in [2.45, 2.75) is 24.9 Å². The summed E-state index contributed by atoms with van der Waals surface area (Å²) in [4.78, 5) is 28.7. The van der Waals surface area contributed by atoms with Gasteiger partial charge in [0.25, 0.3) is 0 Å². The number of benzene rings is 3. The van der Waals surface area contributed by atoms with Crippen molar-refractivity contribution >= 4 is 33.1 Å². The Morgan fingerprint density at radius 1 is 0.939 bits per heavy atom. The van der Waals surface area contributed by atoms with Gasteiger partial charge in [0.1, 0.15) is 30.2 Å². The molecule has 6 nitrogen and oxygen atoms in total. The number of amides is 1. The van der Waals surface area contributed by atoms with Gasteiger partial charge >= 0.3 is 4.87 Å². The second-order valence-electron chi connectivity index (χ2n) is 8.76. The van der Waals surface area contributed by atoms with Crippen molar-refractivity contribution in [3.05, 3.63) is 87.0 Å². The summed E-state index contributed by atoms with van der Waals surface area (Å²) in [6.45, 7) is 1.10. The Balaban J connectivity index is 1.39. The van der Waals surface area contributed by atoms with Crippen molar-refractivity contribution in [2.75, 3.05) is 18.1 Å². The number of rotatable bonds is 2. The van der Waals surface area contributed by atoms with Gasteiger partial charge in [-0.05, 0) is 54.3 Å². The molecule has 1 unspecified atom stereocenters. The van der Waals surface area contributed by atoms with Crippen LogP contribution < -0.4 is 19.2 Å². The summed E-state index contributed by atoms with van der Waals surface area (Å²) in [7, 11) is 0. The molecule has 4 heterocycles. The number of hydrogen-bond acceptors (Lipinski definition) is 5. The Morgan fingerprint density at radius 3 is 2.73 bits per heavy atom. The van der Waals surface area contributed by atoms with E-state index >= 15 is 0 Å². The molecule has 3 aliphatic rings. The highest BCUT2D eigenvalue weighted by molar-refractivity contribution is 7.16. The third-order valence-electron chi connectivity index (χ3n) is 7.04. The van der Waals surface area contributed by atoms with Crippen molar-refractivity contribution in [2.24, 2.45) is 0 Å². The maximum Gasteiger partial charge on any atom is 0.309 e. The maximum atomic E-state index is 14.2. The van der Waals surface area contributed by atoms with Crippen LogP contribution in [-0.2, 0) is 23.3 Å². The number of aromatic nitrogens is 1. The van der Waals surface area contributed by atoms with Crippen LogP contribution in [0.2, 0.25) is 0 Å². The highest BCUT2D eigenvalue weighted by Crippen LogP contribution is 2.54. The topological polar surface area (TPSA) is 60.8 Å². The molecule has 3 aromatic carbocycles. The maximum absolute atomic E-state index is 14.2. The summed E-state index contributed by atoms with van der Waals surface area (Å²) in [6.07, 6.45) is 1.93. The van der Waals surface area contributed by atoms with E-state index < -0.39 is 5.41 Å². The molecule has 33 heavy (non-hydrogen) atoms. The molecule has 0 radical (unpaired) electrons. The molecule has 0 aliphatic carbocycles. The number of anilines is 1. The van der Waals surface area contributed by atoms with Gasteiger partial charge in [0.15, 0.2) is 0 Å². The van der Waals surface area contributed by atoms with Crippen molar-refractivity contribution in [1.29, 1.82) is 0 Å². The molecule has 164 valence electrons. The van der Waals surface area contributed by atoms with Gasteiger partial charge in [0.05, 0.1) is 22.5 Å². The Hall–Kier alpha value is -3.58. The van der Waals surface area contributed by atoms with Crippen LogP contribution in [-0.4, -0.2) is 23.7 Å². The Bertz CT molecular complexity index is 1520. The molecule has 0 N–H and O–H groups in total. The van der Waals surface area contributed by atoms with Crippen molar-refractivity contribution < 1.29 is 14.3 Å². The summed E-state index contributed by atoms with van der Waals surface area (Å²) in [5.41, 5.74) is 3.62. The Labute approximate surface area is 193 Å². The average Bonchev–Trinajstić information content (AvgIpc) is 3.45. The highest BCUT2D eigenvalue weighted by Gasteiger charge is 2.57. The molecule has 0 saturated carbocycles. The van der Waals surface area contributed by atoms with Crippen LogP contribution in [0.5, 0.6) is 11.5 Å². The first-order valence-electron chi connectivity index (χ1n) is 11.1. The summed E-state index contributed by atoms with van der Waals surface area (Å²) in [5, 5.41) is 0. The van der Waals surface area contributed by atoms with Gasteiger partial charge in [-0.2, -0.15) is 0 Å². The number of thiazole rings is 1. The molecule has 0 saturated heterocycles. The van der Waals surface area contributed by atoms with E-state index in [2.05, 4.69) is 0 Å². The van der Waals surface area contributed by atoms with E-state index in [0.717, 1.165) is 56.9 Å². The fourth-order valence-electron chi connectivity index (χ4n) is 5.45. The molecule has 1 atom stereocenters. The largest absolute Gasteiger partial charge is 0.493 e. The molecule has 1 spiro atoms. The van der Waals surface area contributed by atoms with E-state index in [4.69, 9.17) is 9.47 Å².